The van der Waals surface area contributed by atoms with Gasteiger partial charge >= 0.3 is 0 Å². The molecule has 0 saturated carbocycles. The van der Waals surface area contributed by atoms with Crippen molar-refractivity contribution in [2.24, 2.45) is 0 Å². The van der Waals surface area contributed by atoms with Crippen molar-refractivity contribution in [3.05, 3.63) is 22.7 Å². The third-order valence-corrected chi connectivity index (χ3v) is 2.49. The van der Waals surface area contributed by atoms with Gasteiger partial charge in [-0.15, -0.1) is 0 Å². The summed E-state index contributed by atoms with van der Waals surface area (Å²) in [5.74, 6) is 1.69. The highest BCUT2D eigenvalue weighted by Crippen LogP contribution is 2.29. The Labute approximate surface area is 101 Å². The summed E-state index contributed by atoms with van der Waals surface area (Å²) >= 11 is 6.73. The molecule has 0 unspecified atom stereocenters. The Morgan fingerprint density at radius 3 is 2.64 bits per heavy atom. The molecular formula is C10H12Br2O2. The highest BCUT2D eigenvalue weighted by atomic mass is 79.9. The van der Waals surface area contributed by atoms with Crippen LogP contribution in [-0.4, -0.2) is 18.5 Å². The number of hydrogen-bond acceptors (Lipinski definition) is 2. The lowest BCUT2D eigenvalue weighted by Crippen LogP contribution is -1.98. The second-order valence-electron chi connectivity index (χ2n) is 2.56. The molecule has 0 atom stereocenters. The van der Waals surface area contributed by atoms with E-state index in [2.05, 4.69) is 31.9 Å². The van der Waals surface area contributed by atoms with Crippen LogP contribution in [0.5, 0.6) is 11.5 Å². The summed E-state index contributed by atoms with van der Waals surface area (Å²) in [6, 6.07) is 5.71. The molecule has 0 heterocycles. The molecular weight excluding hydrogens is 312 g/mol. The molecule has 1 aromatic rings. The first-order chi connectivity index (χ1) is 6.77. The molecule has 14 heavy (non-hydrogen) atoms. The number of rotatable bonds is 5. The van der Waals surface area contributed by atoms with E-state index < -0.39 is 0 Å². The molecule has 4 heteroatoms. The van der Waals surface area contributed by atoms with E-state index in [0.717, 1.165) is 21.3 Å². The quantitative estimate of drug-likeness (QED) is 0.770. The molecule has 0 aliphatic heterocycles. The van der Waals surface area contributed by atoms with Crippen LogP contribution in [0.1, 0.15) is 6.92 Å². The van der Waals surface area contributed by atoms with Crippen LogP contribution in [0.15, 0.2) is 22.7 Å². The minimum Gasteiger partial charge on any atom is -0.494 e. The first-order valence-electron chi connectivity index (χ1n) is 4.39. The summed E-state index contributed by atoms with van der Waals surface area (Å²) in [7, 11) is 0. The SMILES string of the molecule is CCOc1ccc(OCCBr)c(Br)c1. The van der Waals surface area contributed by atoms with Crippen LogP contribution in [0.4, 0.5) is 0 Å². The maximum atomic E-state index is 5.47. The van der Waals surface area contributed by atoms with Gasteiger partial charge in [-0.1, -0.05) is 15.9 Å². The fourth-order valence-corrected chi connectivity index (χ4v) is 1.64. The number of benzene rings is 1. The highest BCUT2D eigenvalue weighted by Gasteiger charge is 2.02. The molecule has 0 aliphatic rings. The van der Waals surface area contributed by atoms with E-state index in [1.54, 1.807) is 0 Å². The Hall–Kier alpha value is -0.220. The van der Waals surface area contributed by atoms with Gasteiger partial charge in [-0.05, 0) is 41.1 Å². The summed E-state index contributed by atoms with van der Waals surface area (Å²) in [4.78, 5) is 0. The Kier molecular flexibility index (Phi) is 5.33. The van der Waals surface area contributed by atoms with Gasteiger partial charge < -0.3 is 9.47 Å². The monoisotopic (exact) mass is 322 g/mol. The van der Waals surface area contributed by atoms with Crippen LogP contribution < -0.4 is 9.47 Å². The zero-order valence-electron chi connectivity index (χ0n) is 7.93. The number of alkyl halides is 1. The average molecular weight is 324 g/mol. The normalized spacial score (nSPS) is 9.93. The molecule has 0 amide bonds. The van der Waals surface area contributed by atoms with Crippen molar-refractivity contribution in [1.29, 1.82) is 0 Å². The molecule has 0 aromatic heterocycles. The van der Waals surface area contributed by atoms with Crippen molar-refractivity contribution < 1.29 is 9.47 Å². The molecule has 2 nitrogen and oxygen atoms in total. The van der Waals surface area contributed by atoms with Gasteiger partial charge in [0.05, 0.1) is 17.7 Å². The lowest BCUT2D eigenvalue weighted by molar-refractivity contribution is 0.331. The van der Waals surface area contributed by atoms with Gasteiger partial charge in [0.1, 0.15) is 11.5 Å². The summed E-state index contributed by atoms with van der Waals surface area (Å²) < 4.78 is 11.7. The largest absolute Gasteiger partial charge is 0.494 e. The van der Waals surface area contributed by atoms with Gasteiger partial charge in [-0.2, -0.15) is 0 Å². The fraction of sp³-hybridized carbons (Fsp3) is 0.400. The second-order valence-corrected chi connectivity index (χ2v) is 4.21. The van der Waals surface area contributed by atoms with Crippen LogP contribution in [0, 0.1) is 0 Å². The molecule has 0 fully saturated rings. The molecule has 0 N–H and O–H groups in total. The summed E-state index contributed by atoms with van der Waals surface area (Å²) in [5.41, 5.74) is 0. The summed E-state index contributed by atoms with van der Waals surface area (Å²) in [5, 5.41) is 0.826. The minimum absolute atomic E-state index is 0.659. The fourth-order valence-electron chi connectivity index (χ4n) is 1.00. The lowest BCUT2D eigenvalue weighted by Gasteiger charge is -2.08. The van der Waals surface area contributed by atoms with E-state index in [0.29, 0.717) is 13.2 Å². The van der Waals surface area contributed by atoms with Gasteiger partial charge in [0.15, 0.2) is 0 Å². The highest BCUT2D eigenvalue weighted by molar-refractivity contribution is 9.10. The topological polar surface area (TPSA) is 18.5 Å². The lowest BCUT2D eigenvalue weighted by atomic mass is 10.3. The standard InChI is InChI=1S/C10H12Br2O2/c1-2-13-8-3-4-10(9(12)7-8)14-6-5-11/h3-4,7H,2,5-6H2,1H3. The van der Waals surface area contributed by atoms with Crippen molar-refractivity contribution in [1.82, 2.24) is 0 Å². The Morgan fingerprint density at radius 2 is 2.07 bits per heavy atom. The molecule has 1 aromatic carbocycles. The van der Waals surface area contributed by atoms with E-state index >= 15 is 0 Å². The molecule has 0 spiro atoms. The number of halogens is 2. The van der Waals surface area contributed by atoms with Crippen LogP contribution in [0.25, 0.3) is 0 Å². The van der Waals surface area contributed by atoms with Gasteiger partial charge in [-0.3, -0.25) is 0 Å². The summed E-state index contributed by atoms with van der Waals surface area (Å²) in [6.07, 6.45) is 0. The first-order valence-corrected chi connectivity index (χ1v) is 6.30. The second kappa shape index (κ2) is 6.30. The van der Waals surface area contributed by atoms with E-state index in [1.165, 1.54) is 0 Å². The van der Waals surface area contributed by atoms with E-state index in [-0.39, 0.29) is 0 Å². The number of hydrogen-bond donors (Lipinski definition) is 0. The molecule has 0 bridgehead atoms. The van der Waals surface area contributed by atoms with Gasteiger partial charge in [0, 0.05) is 5.33 Å². The number of ether oxygens (including phenoxy) is 2. The molecule has 0 radical (unpaired) electrons. The van der Waals surface area contributed by atoms with Crippen LogP contribution in [-0.2, 0) is 0 Å². The van der Waals surface area contributed by atoms with Gasteiger partial charge in [0.25, 0.3) is 0 Å². The van der Waals surface area contributed by atoms with Crippen molar-refractivity contribution in [3.63, 3.8) is 0 Å². The van der Waals surface area contributed by atoms with Crippen LogP contribution >= 0.6 is 31.9 Å². The Bertz CT molecular complexity index is 289. The third-order valence-electron chi connectivity index (χ3n) is 1.55. The Morgan fingerprint density at radius 1 is 1.29 bits per heavy atom. The minimum atomic E-state index is 0.659. The average Bonchev–Trinajstić information content (AvgIpc) is 2.17. The molecule has 1 rings (SSSR count). The van der Waals surface area contributed by atoms with Crippen molar-refractivity contribution >= 4 is 31.9 Å². The van der Waals surface area contributed by atoms with Gasteiger partial charge in [0.2, 0.25) is 0 Å². The third kappa shape index (κ3) is 3.50. The van der Waals surface area contributed by atoms with E-state index in [1.807, 2.05) is 25.1 Å². The van der Waals surface area contributed by atoms with Crippen molar-refractivity contribution in [2.45, 2.75) is 6.92 Å². The molecule has 78 valence electrons. The zero-order valence-corrected chi connectivity index (χ0v) is 11.1. The maximum Gasteiger partial charge on any atom is 0.133 e. The smallest absolute Gasteiger partial charge is 0.133 e. The van der Waals surface area contributed by atoms with Crippen molar-refractivity contribution in [3.8, 4) is 11.5 Å². The predicted octanol–water partition coefficient (Wildman–Crippen LogP) is 3.62. The summed E-state index contributed by atoms with van der Waals surface area (Å²) in [6.45, 7) is 3.30. The molecule has 0 saturated heterocycles. The first kappa shape index (κ1) is 11.9. The van der Waals surface area contributed by atoms with Crippen LogP contribution in [0.3, 0.4) is 0 Å². The van der Waals surface area contributed by atoms with Crippen LogP contribution in [0.2, 0.25) is 0 Å². The Balaban J connectivity index is 2.68. The van der Waals surface area contributed by atoms with E-state index in [4.69, 9.17) is 9.47 Å². The van der Waals surface area contributed by atoms with Gasteiger partial charge in [-0.25, -0.2) is 0 Å². The van der Waals surface area contributed by atoms with E-state index in [9.17, 15) is 0 Å². The zero-order chi connectivity index (χ0) is 10.4. The maximum absolute atomic E-state index is 5.47. The predicted molar refractivity (Wildman–Crippen MR) is 64.6 cm³/mol. The van der Waals surface area contributed by atoms with Crippen molar-refractivity contribution in [2.75, 3.05) is 18.5 Å². The molecule has 0 aliphatic carbocycles.